The summed E-state index contributed by atoms with van der Waals surface area (Å²) in [5.41, 5.74) is 2.73. The largest absolute Gasteiger partial charge is 0.322 e. The molecular weight excluding hydrogens is 314 g/mol. The molecule has 0 spiro atoms. The number of amides is 1. The maximum absolute atomic E-state index is 12.3. The molecule has 0 atom stereocenters. The molecule has 0 bridgehead atoms. The molecule has 2 nitrogen and oxygen atoms in total. The van der Waals surface area contributed by atoms with Crippen molar-refractivity contribution in [2.24, 2.45) is 0 Å². The van der Waals surface area contributed by atoms with Crippen molar-refractivity contribution in [1.82, 2.24) is 0 Å². The second-order valence-electron chi connectivity index (χ2n) is 5.10. The van der Waals surface area contributed by atoms with Crippen molar-refractivity contribution in [3.8, 4) is 0 Å². The number of thioether (sulfide) groups is 1. The van der Waals surface area contributed by atoms with E-state index in [1.54, 1.807) is 12.1 Å². The number of anilines is 1. The van der Waals surface area contributed by atoms with Crippen LogP contribution in [0.1, 0.15) is 35.7 Å². The van der Waals surface area contributed by atoms with Crippen LogP contribution in [0.15, 0.2) is 47.4 Å². The summed E-state index contributed by atoms with van der Waals surface area (Å²) >= 11 is 7.60. The highest BCUT2D eigenvalue weighted by Gasteiger charge is 2.09. The number of halogens is 1. The number of rotatable bonds is 6. The van der Waals surface area contributed by atoms with E-state index in [0.717, 1.165) is 17.0 Å². The van der Waals surface area contributed by atoms with Crippen LogP contribution in [0.4, 0.5) is 5.69 Å². The van der Waals surface area contributed by atoms with Gasteiger partial charge in [0.2, 0.25) is 0 Å². The van der Waals surface area contributed by atoms with E-state index in [4.69, 9.17) is 11.6 Å². The molecule has 0 aromatic heterocycles. The minimum absolute atomic E-state index is 0.117. The fourth-order valence-corrected chi connectivity index (χ4v) is 3.00. The monoisotopic (exact) mass is 333 g/mol. The summed E-state index contributed by atoms with van der Waals surface area (Å²) < 4.78 is 0. The van der Waals surface area contributed by atoms with E-state index in [1.807, 2.05) is 24.5 Å². The molecule has 116 valence electrons. The number of hydrogen-bond acceptors (Lipinski definition) is 2. The molecule has 0 heterocycles. The van der Waals surface area contributed by atoms with Gasteiger partial charge in [-0.1, -0.05) is 37.1 Å². The molecule has 22 heavy (non-hydrogen) atoms. The summed E-state index contributed by atoms with van der Waals surface area (Å²) in [6.45, 7) is 2.18. The molecule has 4 heteroatoms. The first-order valence-electron chi connectivity index (χ1n) is 7.38. The molecule has 0 radical (unpaired) electrons. The van der Waals surface area contributed by atoms with Gasteiger partial charge in [0.25, 0.3) is 5.91 Å². The van der Waals surface area contributed by atoms with E-state index in [9.17, 15) is 4.79 Å². The Labute approximate surface area is 141 Å². The smallest absolute Gasteiger partial charge is 0.255 e. The van der Waals surface area contributed by atoms with Crippen molar-refractivity contribution >= 4 is 35.0 Å². The van der Waals surface area contributed by atoms with Gasteiger partial charge in [-0.25, -0.2) is 0 Å². The summed E-state index contributed by atoms with van der Waals surface area (Å²) in [6, 6.07) is 13.4. The SMILES string of the molecule is CCCCc1ccc(NC(=O)c2ccc(Cl)c(SC)c2)cc1. The van der Waals surface area contributed by atoms with Crippen LogP contribution < -0.4 is 5.32 Å². The van der Waals surface area contributed by atoms with Gasteiger partial charge in [0.15, 0.2) is 0 Å². The van der Waals surface area contributed by atoms with Crippen LogP contribution in [0.5, 0.6) is 0 Å². The van der Waals surface area contributed by atoms with Crippen LogP contribution in [-0.4, -0.2) is 12.2 Å². The topological polar surface area (TPSA) is 29.1 Å². The van der Waals surface area contributed by atoms with Gasteiger partial charge in [-0.05, 0) is 55.0 Å². The van der Waals surface area contributed by atoms with Gasteiger partial charge in [-0.2, -0.15) is 0 Å². The van der Waals surface area contributed by atoms with Crippen molar-refractivity contribution in [3.63, 3.8) is 0 Å². The molecule has 0 unspecified atom stereocenters. The molecule has 0 saturated carbocycles. The van der Waals surface area contributed by atoms with Crippen LogP contribution in [0, 0.1) is 0 Å². The molecule has 2 aromatic carbocycles. The number of aryl methyl sites for hydroxylation is 1. The summed E-state index contributed by atoms with van der Waals surface area (Å²) in [5, 5.41) is 3.59. The number of benzene rings is 2. The van der Waals surface area contributed by atoms with Crippen LogP contribution in [-0.2, 0) is 6.42 Å². The van der Waals surface area contributed by atoms with Gasteiger partial charge in [0.05, 0.1) is 5.02 Å². The lowest BCUT2D eigenvalue weighted by atomic mass is 10.1. The van der Waals surface area contributed by atoms with E-state index in [1.165, 1.54) is 30.2 Å². The van der Waals surface area contributed by atoms with E-state index in [2.05, 4.69) is 24.4 Å². The first-order chi connectivity index (χ1) is 10.6. The van der Waals surface area contributed by atoms with Crippen LogP contribution in [0.3, 0.4) is 0 Å². The molecule has 0 aliphatic rings. The van der Waals surface area contributed by atoms with Crippen LogP contribution in [0.25, 0.3) is 0 Å². The first kappa shape index (κ1) is 16.9. The highest BCUT2D eigenvalue weighted by Crippen LogP contribution is 2.26. The average Bonchev–Trinajstić information content (AvgIpc) is 2.54. The number of unbranched alkanes of at least 4 members (excludes halogenated alkanes) is 1. The highest BCUT2D eigenvalue weighted by molar-refractivity contribution is 7.98. The van der Waals surface area contributed by atoms with Crippen LogP contribution in [0.2, 0.25) is 5.02 Å². The summed E-state index contributed by atoms with van der Waals surface area (Å²) in [4.78, 5) is 13.2. The van der Waals surface area contributed by atoms with Gasteiger partial charge >= 0.3 is 0 Å². The average molecular weight is 334 g/mol. The minimum Gasteiger partial charge on any atom is -0.322 e. The lowest BCUT2D eigenvalue weighted by Gasteiger charge is -2.08. The zero-order valence-electron chi connectivity index (χ0n) is 12.9. The standard InChI is InChI=1S/C18H20ClNOS/c1-3-4-5-13-6-9-15(10-7-13)20-18(21)14-8-11-16(19)17(12-14)22-2/h6-12H,3-5H2,1-2H3,(H,20,21). The molecule has 2 aromatic rings. The summed E-state index contributed by atoms with van der Waals surface area (Å²) in [6.07, 6.45) is 5.40. The lowest BCUT2D eigenvalue weighted by Crippen LogP contribution is -2.11. The fraction of sp³-hybridized carbons (Fsp3) is 0.278. The van der Waals surface area contributed by atoms with Crippen molar-refractivity contribution in [2.45, 2.75) is 31.1 Å². The highest BCUT2D eigenvalue weighted by atomic mass is 35.5. The Balaban J connectivity index is 2.05. The fourth-order valence-electron chi connectivity index (χ4n) is 2.14. The Morgan fingerprint density at radius 2 is 1.91 bits per heavy atom. The quantitative estimate of drug-likeness (QED) is 0.691. The Morgan fingerprint density at radius 1 is 1.18 bits per heavy atom. The Bertz CT molecular complexity index is 640. The Kier molecular flexibility index (Phi) is 6.34. The van der Waals surface area contributed by atoms with Gasteiger partial charge in [0.1, 0.15) is 0 Å². The molecule has 2 rings (SSSR count). The predicted molar refractivity (Wildman–Crippen MR) is 96.2 cm³/mol. The van der Waals surface area contributed by atoms with Crippen molar-refractivity contribution in [2.75, 3.05) is 11.6 Å². The third kappa shape index (κ3) is 4.52. The van der Waals surface area contributed by atoms with E-state index in [-0.39, 0.29) is 5.91 Å². The third-order valence-corrected chi connectivity index (χ3v) is 4.66. The second kappa shape index (κ2) is 8.25. The number of carbonyl (C=O) groups excluding carboxylic acids is 1. The van der Waals surface area contributed by atoms with E-state index >= 15 is 0 Å². The lowest BCUT2D eigenvalue weighted by molar-refractivity contribution is 0.102. The van der Waals surface area contributed by atoms with Crippen LogP contribution >= 0.6 is 23.4 Å². The van der Waals surface area contributed by atoms with Crippen molar-refractivity contribution in [3.05, 3.63) is 58.6 Å². The Hall–Kier alpha value is -1.45. The third-order valence-electron chi connectivity index (χ3n) is 3.44. The zero-order chi connectivity index (χ0) is 15.9. The first-order valence-corrected chi connectivity index (χ1v) is 8.98. The van der Waals surface area contributed by atoms with Gasteiger partial charge in [-0.15, -0.1) is 11.8 Å². The maximum Gasteiger partial charge on any atom is 0.255 e. The number of hydrogen-bond donors (Lipinski definition) is 1. The van der Waals surface area contributed by atoms with Crippen molar-refractivity contribution < 1.29 is 4.79 Å². The van der Waals surface area contributed by atoms with Gasteiger partial charge < -0.3 is 5.32 Å². The molecule has 0 aliphatic heterocycles. The molecule has 1 amide bonds. The molecular formula is C18H20ClNOS. The van der Waals surface area contributed by atoms with E-state index < -0.39 is 0 Å². The zero-order valence-corrected chi connectivity index (χ0v) is 14.4. The molecule has 1 N–H and O–H groups in total. The Morgan fingerprint density at radius 3 is 2.55 bits per heavy atom. The second-order valence-corrected chi connectivity index (χ2v) is 6.36. The number of carbonyl (C=O) groups is 1. The predicted octanol–water partition coefficient (Wildman–Crippen LogP) is 5.66. The van der Waals surface area contributed by atoms with E-state index in [0.29, 0.717) is 10.6 Å². The molecule has 0 aliphatic carbocycles. The van der Waals surface area contributed by atoms with Gasteiger partial charge in [0, 0.05) is 16.1 Å². The maximum atomic E-state index is 12.3. The molecule has 0 fully saturated rings. The minimum atomic E-state index is -0.117. The normalized spacial score (nSPS) is 10.5. The molecule has 0 saturated heterocycles. The summed E-state index contributed by atoms with van der Waals surface area (Å²) in [7, 11) is 0. The van der Waals surface area contributed by atoms with Gasteiger partial charge in [-0.3, -0.25) is 4.79 Å². The summed E-state index contributed by atoms with van der Waals surface area (Å²) in [5.74, 6) is -0.117. The van der Waals surface area contributed by atoms with Crippen molar-refractivity contribution in [1.29, 1.82) is 0 Å². The number of nitrogens with one attached hydrogen (secondary N) is 1.